The van der Waals surface area contributed by atoms with Crippen molar-refractivity contribution in [1.29, 1.82) is 0 Å². The molecular weight excluding hydrogens is 396 g/mol. The lowest BCUT2D eigenvalue weighted by atomic mass is 10.0. The van der Waals surface area contributed by atoms with Crippen molar-refractivity contribution >= 4 is 34.3 Å². The number of amides is 1. The Hall–Kier alpha value is -4.18. The number of aliphatic imine (C=N–C) groups is 1. The fourth-order valence-electron chi connectivity index (χ4n) is 4.06. The molecule has 1 heterocycles. The Balaban J connectivity index is 1.70. The van der Waals surface area contributed by atoms with Crippen molar-refractivity contribution in [2.75, 3.05) is 12.0 Å². The molecule has 156 valence electrons. The number of nitrogens with zero attached hydrogens (tertiary/aromatic N) is 2. The summed E-state index contributed by atoms with van der Waals surface area (Å²) in [7, 11) is 1.63. The number of hydrogen-bond acceptors (Lipinski definition) is 3. The summed E-state index contributed by atoms with van der Waals surface area (Å²) in [6, 6.07) is 29.7. The Morgan fingerprint density at radius 3 is 2.47 bits per heavy atom. The highest BCUT2D eigenvalue weighted by atomic mass is 16.5. The summed E-state index contributed by atoms with van der Waals surface area (Å²) in [5.41, 5.74) is 3.97. The van der Waals surface area contributed by atoms with Crippen molar-refractivity contribution in [3.8, 4) is 5.75 Å². The van der Waals surface area contributed by atoms with Gasteiger partial charge in [0.05, 0.1) is 18.4 Å². The standard InChI is InChI=1S/C28H22N2O2/c1-19-9-7-13-22(17-19)30-27(24-15-5-6-16-26(24)32-2)29-25(28(30)31)18-21-12-8-11-20-10-3-4-14-23(20)21/h3-18H,1-2H3/b25-18+. The maximum atomic E-state index is 13.6. The summed E-state index contributed by atoms with van der Waals surface area (Å²) < 4.78 is 5.57. The first-order valence-electron chi connectivity index (χ1n) is 10.5. The number of fused-ring (bicyclic) bond motifs is 1. The highest BCUT2D eigenvalue weighted by Gasteiger charge is 2.34. The van der Waals surface area contributed by atoms with E-state index in [0.717, 1.165) is 33.2 Å². The first kappa shape index (κ1) is 19.8. The Morgan fingerprint density at radius 2 is 1.62 bits per heavy atom. The second-order valence-corrected chi connectivity index (χ2v) is 7.71. The molecule has 32 heavy (non-hydrogen) atoms. The molecule has 4 heteroatoms. The van der Waals surface area contributed by atoms with Crippen LogP contribution in [0.4, 0.5) is 5.69 Å². The van der Waals surface area contributed by atoms with E-state index in [4.69, 9.17) is 9.73 Å². The molecule has 0 aromatic heterocycles. The largest absolute Gasteiger partial charge is 0.496 e. The first-order valence-corrected chi connectivity index (χ1v) is 10.5. The molecule has 1 aliphatic heterocycles. The van der Waals surface area contributed by atoms with Crippen LogP contribution in [0.25, 0.3) is 16.8 Å². The predicted molar refractivity (Wildman–Crippen MR) is 130 cm³/mol. The third-order valence-electron chi connectivity index (χ3n) is 5.58. The van der Waals surface area contributed by atoms with Crippen LogP contribution >= 0.6 is 0 Å². The van der Waals surface area contributed by atoms with Gasteiger partial charge in [0.1, 0.15) is 11.4 Å². The minimum atomic E-state index is -0.163. The molecule has 0 saturated heterocycles. The topological polar surface area (TPSA) is 41.9 Å². The van der Waals surface area contributed by atoms with Gasteiger partial charge in [0, 0.05) is 0 Å². The molecule has 0 aliphatic carbocycles. The van der Waals surface area contributed by atoms with Crippen LogP contribution < -0.4 is 9.64 Å². The number of para-hydroxylation sites is 1. The fourth-order valence-corrected chi connectivity index (χ4v) is 4.06. The third kappa shape index (κ3) is 3.46. The summed E-state index contributed by atoms with van der Waals surface area (Å²) in [5.74, 6) is 1.07. The Bertz CT molecular complexity index is 1400. The maximum absolute atomic E-state index is 13.6. The lowest BCUT2D eigenvalue weighted by Crippen LogP contribution is -2.32. The normalized spacial score (nSPS) is 14.8. The van der Waals surface area contributed by atoms with Gasteiger partial charge in [0.25, 0.3) is 5.91 Å². The first-order chi connectivity index (χ1) is 15.7. The van der Waals surface area contributed by atoms with E-state index >= 15 is 0 Å². The number of anilines is 1. The van der Waals surface area contributed by atoms with Gasteiger partial charge >= 0.3 is 0 Å². The molecule has 4 aromatic rings. The van der Waals surface area contributed by atoms with E-state index in [-0.39, 0.29) is 5.91 Å². The lowest BCUT2D eigenvalue weighted by molar-refractivity contribution is -0.113. The number of aryl methyl sites for hydroxylation is 1. The van der Waals surface area contributed by atoms with Crippen LogP contribution in [0.3, 0.4) is 0 Å². The molecule has 1 aliphatic rings. The molecule has 0 unspecified atom stereocenters. The fraction of sp³-hybridized carbons (Fsp3) is 0.0714. The predicted octanol–water partition coefficient (Wildman–Crippen LogP) is 5.99. The summed E-state index contributed by atoms with van der Waals surface area (Å²) in [6.07, 6.45) is 1.87. The van der Waals surface area contributed by atoms with E-state index < -0.39 is 0 Å². The number of amidine groups is 1. The molecule has 4 aromatic carbocycles. The van der Waals surface area contributed by atoms with Crippen LogP contribution in [0.1, 0.15) is 16.7 Å². The Labute approximate surface area is 187 Å². The van der Waals surface area contributed by atoms with E-state index in [2.05, 4.69) is 18.2 Å². The van der Waals surface area contributed by atoms with Gasteiger partial charge in [-0.05, 0) is 59.2 Å². The summed E-state index contributed by atoms with van der Waals surface area (Å²) in [5, 5.41) is 2.20. The monoisotopic (exact) mass is 418 g/mol. The van der Waals surface area contributed by atoms with Gasteiger partial charge in [-0.25, -0.2) is 4.99 Å². The van der Waals surface area contributed by atoms with E-state index in [1.54, 1.807) is 12.0 Å². The van der Waals surface area contributed by atoms with E-state index in [1.165, 1.54) is 0 Å². The number of hydrogen-bond donors (Lipinski definition) is 0. The highest BCUT2D eigenvalue weighted by molar-refractivity contribution is 6.33. The van der Waals surface area contributed by atoms with Crippen molar-refractivity contribution in [2.45, 2.75) is 6.92 Å². The molecule has 5 rings (SSSR count). The molecule has 1 amide bonds. The van der Waals surface area contributed by atoms with Gasteiger partial charge in [0.2, 0.25) is 0 Å². The second-order valence-electron chi connectivity index (χ2n) is 7.71. The molecule has 0 spiro atoms. The number of benzene rings is 4. The van der Waals surface area contributed by atoms with Crippen LogP contribution in [-0.4, -0.2) is 18.9 Å². The van der Waals surface area contributed by atoms with Crippen LogP contribution in [0.15, 0.2) is 102 Å². The smallest absolute Gasteiger partial charge is 0.282 e. The highest BCUT2D eigenvalue weighted by Crippen LogP contribution is 2.32. The lowest BCUT2D eigenvalue weighted by Gasteiger charge is -2.20. The maximum Gasteiger partial charge on any atom is 0.282 e. The zero-order chi connectivity index (χ0) is 22.1. The van der Waals surface area contributed by atoms with Gasteiger partial charge in [-0.2, -0.15) is 0 Å². The number of ether oxygens (including phenoxy) is 1. The van der Waals surface area contributed by atoms with Gasteiger partial charge in [0.15, 0.2) is 5.84 Å². The quantitative estimate of drug-likeness (QED) is 0.382. The van der Waals surface area contributed by atoms with Crippen LogP contribution in [0.2, 0.25) is 0 Å². The Kier molecular flexibility index (Phi) is 5.04. The van der Waals surface area contributed by atoms with E-state index in [0.29, 0.717) is 17.3 Å². The molecular formula is C28H22N2O2. The average molecular weight is 418 g/mol. The minimum absolute atomic E-state index is 0.163. The van der Waals surface area contributed by atoms with Crippen LogP contribution in [0, 0.1) is 6.92 Å². The van der Waals surface area contributed by atoms with Crippen molar-refractivity contribution in [2.24, 2.45) is 4.99 Å². The van der Waals surface area contributed by atoms with Crippen molar-refractivity contribution in [1.82, 2.24) is 0 Å². The number of carbonyl (C=O) groups excluding carboxylic acids is 1. The van der Waals surface area contributed by atoms with Crippen LogP contribution in [-0.2, 0) is 4.79 Å². The van der Waals surface area contributed by atoms with Gasteiger partial charge < -0.3 is 4.74 Å². The molecule has 0 fully saturated rings. The molecule has 4 nitrogen and oxygen atoms in total. The van der Waals surface area contributed by atoms with Gasteiger partial charge in [-0.1, -0.05) is 66.7 Å². The van der Waals surface area contributed by atoms with Gasteiger partial charge in [-0.3, -0.25) is 9.69 Å². The third-order valence-corrected chi connectivity index (χ3v) is 5.58. The number of methoxy groups -OCH3 is 1. The zero-order valence-electron chi connectivity index (χ0n) is 17.9. The summed E-state index contributed by atoms with van der Waals surface area (Å²) in [4.78, 5) is 20.1. The number of rotatable bonds is 4. The number of carbonyl (C=O) groups is 1. The van der Waals surface area contributed by atoms with E-state index in [9.17, 15) is 4.79 Å². The van der Waals surface area contributed by atoms with Crippen molar-refractivity contribution in [3.63, 3.8) is 0 Å². The minimum Gasteiger partial charge on any atom is -0.496 e. The molecule has 0 radical (unpaired) electrons. The SMILES string of the molecule is COc1ccccc1C1=N/C(=C/c2cccc3ccccc23)C(=O)N1c1cccc(C)c1. The molecule has 0 bridgehead atoms. The van der Waals surface area contributed by atoms with Gasteiger partial charge in [-0.15, -0.1) is 0 Å². The molecule has 0 atom stereocenters. The molecule has 0 N–H and O–H groups in total. The molecule has 0 saturated carbocycles. The summed E-state index contributed by atoms with van der Waals surface area (Å²) >= 11 is 0. The summed E-state index contributed by atoms with van der Waals surface area (Å²) in [6.45, 7) is 2.01. The average Bonchev–Trinajstić information content (AvgIpc) is 3.15. The second kappa shape index (κ2) is 8.16. The van der Waals surface area contributed by atoms with Crippen molar-refractivity contribution in [3.05, 3.63) is 113 Å². The van der Waals surface area contributed by atoms with Crippen LogP contribution in [0.5, 0.6) is 5.75 Å². The van der Waals surface area contributed by atoms with Crippen molar-refractivity contribution < 1.29 is 9.53 Å². The van der Waals surface area contributed by atoms with E-state index in [1.807, 2.05) is 85.8 Å². The zero-order valence-corrected chi connectivity index (χ0v) is 17.9. The Morgan fingerprint density at radius 1 is 0.875 bits per heavy atom.